The minimum atomic E-state index is -0.660. The van der Waals surface area contributed by atoms with Gasteiger partial charge in [-0.15, -0.1) is 0 Å². The Bertz CT molecular complexity index is 1290. The molecule has 196 valence electrons. The van der Waals surface area contributed by atoms with Crippen molar-refractivity contribution in [3.63, 3.8) is 0 Å². The molecule has 2 amide bonds. The topological polar surface area (TPSA) is 98.1 Å². The summed E-state index contributed by atoms with van der Waals surface area (Å²) < 4.78 is 12.9. The van der Waals surface area contributed by atoms with E-state index < -0.39 is 11.7 Å². The molecule has 3 heterocycles. The lowest BCUT2D eigenvalue weighted by Gasteiger charge is -2.31. The van der Waals surface area contributed by atoms with Crippen LogP contribution in [-0.4, -0.2) is 58.0 Å². The van der Waals surface area contributed by atoms with Crippen LogP contribution in [0.25, 0.3) is 16.9 Å². The zero-order chi connectivity index (χ0) is 26.2. The molecule has 37 heavy (non-hydrogen) atoms. The number of aromatic nitrogens is 3. The molecule has 2 fully saturated rings. The number of fused-ring (bicyclic) bond motifs is 1. The van der Waals surface area contributed by atoms with Crippen LogP contribution in [-0.2, 0) is 9.47 Å². The summed E-state index contributed by atoms with van der Waals surface area (Å²) >= 11 is 6.47. The number of nitrogens with zero attached hydrogens (tertiary/aromatic N) is 4. The minimum Gasteiger partial charge on any atom is -0.443 e. The van der Waals surface area contributed by atoms with Crippen LogP contribution in [0.2, 0.25) is 5.15 Å². The molecule has 9 nitrogen and oxygen atoms in total. The van der Waals surface area contributed by atoms with Crippen LogP contribution in [0.15, 0.2) is 36.5 Å². The molecule has 0 radical (unpaired) electrons. The van der Waals surface area contributed by atoms with Crippen molar-refractivity contribution in [2.24, 2.45) is 5.92 Å². The molecule has 0 atom stereocenters. The number of anilines is 1. The average Bonchev–Trinajstić information content (AvgIpc) is 3.57. The highest BCUT2D eigenvalue weighted by Gasteiger charge is 2.30. The van der Waals surface area contributed by atoms with E-state index in [0.717, 1.165) is 31.2 Å². The normalized spacial score (nSPS) is 16.5. The monoisotopic (exact) mass is 525 g/mol. The van der Waals surface area contributed by atoms with Gasteiger partial charge < -0.3 is 14.8 Å². The van der Waals surface area contributed by atoms with Crippen molar-refractivity contribution in [2.75, 3.05) is 24.7 Å². The predicted octanol–water partition coefficient (Wildman–Crippen LogP) is 5.11. The summed E-state index contributed by atoms with van der Waals surface area (Å²) in [7, 11) is 0. The molecule has 1 saturated carbocycles. The number of ether oxygens (including phenoxy) is 2. The fourth-order valence-electron chi connectivity index (χ4n) is 4.38. The van der Waals surface area contributed by atoms with E-state index in [-0.39, 0.29) is 17.0 Å². The molecule has 0 spiro atoms. The molecular formula is C27H32ClN5O4. The number of imidazole rings is 1. The largest absolute Gasteiger partial charge is 0.443 e. The lowest BCUT2D eigenvalue weighted by atomic mass is 9.99. The Morgan fingerprint density at radius 2 is 1.86 bits per heavy atom. The van der Waals surface area contributed by atoms with Gasteiger partial charge in [-0.3, -0.25) is 9.69 Å². The number of hydrogen-bond donors (Lipinski definition) is 1. The van der Waals surface area contributed by atoms with Crippen LogP contribution in [0.5, 0.6) is 0 Å². The lowest BCUT2D eigenvalue weighted by molar-refractivity contribution is 0.0515. The molecule has 0 unspecified atom stereocenters. The van der Waals surface area contributed by atoms with Gasteiger partial charge in [0.05, 0.1) is 17.6 Å². The van der Waals surface area contributed by atoms with Gasteiger partial charge in [-0.25, -0.2) is 14.3 Å². The van der Waals surface area contributed by atoms with Crippen LogP contribution in [0.4, 0.5) is 10.5 Å². The minimum absolute atomic E-state index is 0.0724. The SMILES string of the molecule is CC(C)(C)OC(=O)N(CC1CCOCC1)c1cc(Cl)nn2c(-c3ccc(C(=O)NC4CC4)cc3)cnc12. The van der Waals surface area contributed by atoms with Crippen LogP contribution in [0.1, 0.15) is 56.8 Å². The van der Waals surface area contributed by atoms with Gasteiger partial charge in [0.15, 0.2) is 10.8 Å². The van der Waals surface area contributed by atoms with Crippen LogP contribution in [0, 0.1) is 5.92 Å². The smallest absolute Gasteiger partial charge is 0.414 e. The second-order valence-corrected chi connectivity index (χ2v) is 11.1. The van der Waals surface area contributed by atoms with Gasteiger partial charge in [0.2, 0.25) is 0 Å². The Kier molecular flexibility index (Phi) is 7.09. The first-order valence-corrected chi connectivity index (χ1v) is 13.1. The second-order valence-electron chi connectivity index (χ2n) is 10.7. The van der Waals surface area contributed by atoms with Crippen molar-refractivity contribution < 1.29 is 19.1 Å². The summed E-state index contributed by atoms with van der Waals surface area (Å²) in [5, 5.41) is 7.71. The van der Waals surface area contributed by atoms with Gasteiger partial charge >= 0.3 is 6.09 Å². The van der Waals surface area contributed by atoms with E-state index in [1.165, 1.54) is 0 Å². The van der Waals surface area contributed by atoms with E-state index >= 15 is 0 Å². The van der Waals surface area contributed by atoms with Gasteiger partial charge in [0.25, 0.3) is 5.91 Å². The van der Waals surface area contributed by atoms with E-state index in [2.05, 4.69) is 15.4 Å². The summed E-state index contributed by atoms with van der Waals surface area (Å²) in [4.78, 5) is 32.0. The maximum Gasteiger partial charge on any atom is 0.414 e. The maximum atomic E-state index is 13.4. The first-order chi connectivity index (χ1) is 17.7. The number of rotatable bonds is 6. The number of benzene rings is 1. The zero-order valence-electron chi connectivity index (χ0n) is 21.4. The van der Waals surface area contributed by atoms with Gasteiger partial charge in [0, 0.05) is 43.0 Å². The Morgan fingerprint density at radius 3 is 2.51 bits per heavy atom. The molecule has 1 N–H and O–H groups in total. The van der Waals surface area contributed by atoms with Gasteiger partial charge in [0.1, 0.15) is 5.60 Å². The first kappa shape index (κ1) is 25.5. The fourth-order valence-corrected chi connectivity index (χ4v) is 4.56. The summed E-state index contributed by atoms with van der Waals surface area (Å²) in [6.45, 7) is 7.32. The van der Waals surface area contributed by atoms with E-state index in [9.17, 15) is 9.59 Å². The Morgan fingerprint density at radius 1 is 1.16 bits per heavy atom. The molecule has 2 aromatic heterocycles. The average molecular weight is 526 g/mol. The molecule has 3 aromatic rings. The summed E-state index contributed by atoms with van der Waals surface area (Å²) in [6.07, 6.45) is 5.02. The standard InChI is InChI=1S/C27H32ClN5O4/c1-27(2,3)37-26(35)32(16-17-10-12-36-13-11-17)21-14-23(28)31-33-22(15-29-24(21)33)18-4-6-19(7-5-18)25(34)30-20-8-9-20/h4-7,14-15,17,20H,8-13,16H2,1-3H3,(H,30,34). The summed E-state index contributed by atoms with van der Waals surface area (Å²) in [5.74, 6) is 0.189. The molecule has 1 aliphatic heterocycles. The van der Waals surface area contributed by atoms with Crippen LogP contribution >= 0.6 is 11.6 Å². The van der Waals surface area contributed by atoms with Crippen LogP contribution < -0.4 is 10.2 Å². The second kappa shape index (κ2) is 10.3. The highest BCUT2D eigenvalue weighted by molar-refractivity contribution is 6.29. The van der Waals surface area contributed by atoms with Gasteiger partial charge in [-0.1, -0.05) is 23.7 Å². The quantitative estimate of drug-likeness (QED) is 0.480. The molecule has 10 heteroatoms. The highest BCUT2D eigenvalue weighted by atomic mass is 35.5. The van der Waals surface area contributed by atoms with Crippen molar-refractivity contribution >= 4 is 34.9 Å². The van der Waals surface area contributed by atoms with E-state index in [1.807, 2.05) is 32.9 Å². The first-order valence-electron chi connectivity index (χ1n) is 12.7. The number of carbonyl (C=O) groups is 2. The third kappa shape index (κ3) is 6.05. The molecule has 5 rings (SSSR count). The molecule has 1 saturated heterocycles. The van der Waals surface area contributed by atoms with E-state index in [1.54, 1.807) is 33.8 Å². The molecule has 0 bridgehead atoms. The van der Waals surface area contributed by atoms with E-state index in [0.29, 0.717) is 48.4 Å². The highest BCUT2D eigenvalue weighted by Crippen LogP contribution is 2.31. The molecule has 1 aliphatic carbocycles. The molecule has 2 aliphatic rings. The Labute approximate surface area is 221 Å². The third-order valence-corrected chi connectivity index (χ3v) is 6.64. The van der Waals surface area contributed by atoms with Gasteiger partial charge in [-0.05, 0) is 64.5 Å². The maximum absolute atomic E-state index is 13.4. The van der Waals surface area contributed by atoms with Crippen molar-refractivity contribution in [1.29, 1.82) is 0 Å². The molecule has 1 aromatic carbocycles. The van der Waals surface area contributed by atoms with Crippen molar-refractivity contribution in [1.82, 2.24) is 19.9 Å². The van der Waals surface area contributed by atoms with Gasteiger partial charge in [-0.2, -0.15) is 5.10 Å². The third-order valence-electron chi connectivity index (χ3n) is 6.46. The van der Waals surface area contributed by atoms with Crippen molar-refractivity contribution in [3.8, 4) is 11.3 Å². The summed E-state index contributed by atoms with van der Waals surface area (Å²) in [6, 6.07) is 9.25. The fraction of sp³-hybridized carbons (Fsp3) is 0.481. The molecular weight excluding hydrogens is 494 g/mol. The number of hydrogen-bond acceptors (Lipinski definition) is 6. The zero-order valence-corrected chi connectivity index (χ0v) is 22.1. The van der Waals surface area contributed by atoms with Crippen molar-refractivity contribution in [2.45, 2.75) is 58.1 Å². The number of nitrogens with one attached hydrogen (secondary N) is 1. The Balaban J connectivity index is 1.49. The summed E-state index contributed by atoms with van der Waals surface area (Å²) in [5.41, 5.74) is 2.49. The number of carbonyl (C=O) groups excluding carboxylic acids is 2. The Hall–Kier alpha value is -3.17. The lowest BCUT2D eigenvalue weighted by Crippen LogP contribution is -2.41. The van der Waals surface area contributed by atoms with E-state index in [4.69, 9.17) is 21.1 Å². The number of amides is 2. The van der Waals surface area contributed by atoms with Crippen LogP contribution in [0.3, 0.4) is 0 Å². The van der Waals surface area contributed by atoms with Crippen molar-refractivity contribution in [3.05, 3.63) is 47.2 Å². The predicted molar refractivity (Wildman–Crippen MR) is 141 cm³/mol. The number of halogens is 1.